The first kappa shape index (κ1) is 33.2. The van der Waals surface area contributed by atoms with Crippen LogP contribution in [0.2, 0.25) is 0 Å². The van der Waals surface area contributed by atoms with Gasteiger partial charge >= 0.3 is 24.3 Å². The molecule has 2 aliphatic heterocycles. The molecule has 41 heavy (non-hydrogen) atoms. The molecule has 2 atom stereocenters. The topological polar surface area (TPSA) is 403 Å². The average Bonchev–Trinajstić information content (AvgIpc) is 2.73. The second-order valence-electron chi connectivity index (χ2n) is 9.54. The van der Waals surface area contributed by atoms with Crippen LogP contribution in [0.5, 0.6) is 11.5 Å². The van der Waals surface area contributed by atoms with Gasteiger partial charge in [-0.05, 0) is 29.7 Å². The van der Waals surface area contributed by atoms with E-state index >= 15 is 0 Å². The number of rotatable bonds is 8. The summed E-state index contributed by atoms with van der Waals surface area (Å²) in [5.74, 6) is -24.1. The number of piperidine rings is 1. The summed E-state index contributed by atoms with van der Waals surface area (Å²) in [6.07, 6.45) is -8.30. The molecule has 3 rings (SSSR count). The molecule has 234 valence electrons. The average molecular weight is 605 g/mol. The van der Waals surface area contributed by atoms with E-state index < -0.39 is 89.0 Å². The van der Waals surface area contributed by atoms with Crippen LogP contribution in [0.15, 0.2) is 12.1 Å². The minimum Gasteiger partial charge on any atom is -0.413 e. The number of Topliss-reactive ketones (excluding diaryl/α,β-unsaturated/α-hetero) is 1. The maximum atomic E-state index is 13.2. The van der Waals surface area contributed by atoms with E-state index in [1.165, 1.54) is 0 Å². The van der Waals surface area contributed by atoms with Gasteiger partial charge in [-0.2, -0.15) is 0 Å². The molecule has 0 aliphatic carbocycles. The Morgan fingerprint density at radius 1 is 0.732 bits per heavy atom. The molecular weight excluding hydrogens is 578 g/mol. The Hall–Kier alpha value is -2.27. The summed E-state index contributed by atoms with van der Waals surface area (Å²) in [7, 11) is 0. The molecule has 18 N–H and O–H groups in total. The molecule has 1 saturated heterocycles. The number of benzene rings is 1. The van der Waals surface area contributed by atoms with Crippen LogP contribution in [0.25, 0.3) is 0 Å². The van der Waals surface area contributed by atoms with Gasteiger partial charge in [-0.15, -0.1) is 0 Å². The van der Waals surface area contributed by atoms with Gasteiger partial charge in [-0.3, -0.25) is 9.69 Å². The van der Waals surface area contributed by atoms with Crippen LogP contribution in [0, 0.1) is 0 Å². The number of fused-ring (bicyclic) bond motifs is 3. The second-order valence-corrected chi connectivity index (χ2v) is 9.54. The normalized spacial score (nSPS) is 24.5. The molecule has 2 heterocycles. The molecule has 0 spiro atoms. The van der Waals surface area contributed by atoms with Gasteiger partial charge in [0.05, 0.1) is 6.04 Å². The molecule has 2 aliphatic rings. The lowest BCUT2D eigenvalue weighted by Crippen LogP contribution is -2.88. The Kier molecular flexibility index (Phi) is 7.59. The number of hydrogen-bond acceptors (Lipinski definition) is 22. The lowest BCUT2D eigenvalue weighted by molar-refractivity contribution is -0.553. The number of hydrogen-bond donors (Lipinski definition) is 18. The fourth-order valence-electron chi connectivity index (χ4n) is 4.83. The van der Waals surface area contributed by atoms with Crippen molar-refractivity contribution >= 4 is 5.78 Å². The first-order chi connectivity index (χ1) is 18.0. The summed E-state index contributed by atoms with van der Waals surface area (Å²) in [4.78, 5) is 13.8. The third kappa shape index (κ3) is 5.26. The third-order valence-corrected chi connectivity index (χ3v) is 6.60. The van der Waals surface area contributed by atoms with Gasteiger partial charge in [0.25, 0.3) is 5.60 Å². The van der Waals surface area contributed by atoms with E-state index in [-0.39, 0.29) is 12.0 Å². The van der Waals surface area contributed by atoms with Crippen LogP contribution in [-0.2, 0) is 11.2 Å². The highest BCUT2D eigenvalue weighted by atomic mass is 16.9. The Morgan fingerprint density at radius 3 is 1.59 bits per heavy atom. The predicted molar refractivity (Wildman–Crippen MR) is 113 cm³/mol. The van der Waals surface area contributed by atoms with Crippen molar-refractivity contribution in [1.82, 2.24) is 4.90 Å². The van der Waals surface area contributed by atoms with Gasteiger partial charge in [0.2, 0.25) is 17.4 Å². The highest BCUT2D eigenvalue weighted by molar-refractivity contribution is 5.96. The van der Waals surface area contributed by atoms with Crippen molar-refractivity contribution in [2.75, 3.05) is 13.1 Å². The second kappa shape index (κ2) is 9.36. The minimum absolute atomic E-state index is 0.126. The number of nitrogens with zero attached hydrogens (tertiary/aromatic N) is 1. The number of ketones is 1. The summed E-state index contributed by atoms with van der Waals surface area (Å²) >= 11 is 0. The summed E-state index contributed by atoms with van der Waals surface area (Å²) in [6.45, 7) is -2.17. The van der Waals surface area contributed by atoms with Gasteiger partial charge in [0, 0.05) is 13.1 Å². The van der Waals surface area contributed by atoms with E-state index in [1.54, 1.807) is 0 Å². The molecular formula is C19H27NO21. The summed E-state index contributed by atoms with van der Waals surface area (Å²) < 4.78 is 8.71. The fourth-order valence-corrected chi connectivity index (χ4v) is 4.83. The van der Waals surface area contributed by atoms with Crippen molar-refractivity contribution in [3.63, 3.8) is 0 Å². The van der Waals surface area contributed by atoms with E-state index in [0.29, 0.717) is 11.0 Å². The number of carbonyl (C=O) groups excluding carboxylic acids is 1. The van der Waals surface area contributed by atoms with E-state index in [4.69, 9.17) is 15.3 Å². The summed E-state index contributed by atoms with van der Waals surface area (Å²) in [5, 5.41) is 175. The zero-order valence-corrected chi connectivity index (χ0v) is 20.1. The zero-order valence-electron chi connectivity index (χ0n) is 20.1. The van der Waals surface area contributed by atoms with Crippen LogP contribution in [-0.4, -0.2) is 163 Å². The van der Waals surface area contributed by atoms with Crippen LogP contribution < -0.4 is 9.47 Å². The van der Waals surface area contributed by atoms with Crippen molar-refractivity contribution in [3.05, 3.63) is 23.3 Å². The van der Waals surface area contributed by atoms with Gasteiger partial charge in [0.1, 0.15) is 0 Å². The lowest BCUT2D eigenvalue weighted by Gasteiger charge is -2.58. The quantitative estimate of drug-likeness (QED) is 0.122. The molecule has 0 bridgehead atoms. The standard InChI is InChI=1S/C19H27NO21/c21-11-12(22,15(26,27)14(25,16(28,29)30)17(31,32)33)5-20-2-1-6-3-8(40-18(34,35)36)9(41-19(37,38)39)4-7(6)10(20)13(11,23)24/h3-4,10,22-39H,1-2,5H2. The third-order valence-electron chi connectivity index (χ3n) is 6.60. The van der Waals surface area contributed by atoms with E-state index in [1.807, 2.05) is 0 Å². The number of ether oxygens (including phenoxy) is 2. The predicted octanol–water partition coefficient (Wildman–Crippen LogP) is -10.8. The molecule has 0 saturated carbocycles. The lowest BCUT2D eigenvalue weighted by atomic mass is 9.67. The van der Waals surface area contributed by atoms with Crippen LogP contribution in [0.1, 0.15) is 17.2 Å². The van der Waals surface area contributed by atoms with E-state index in [2.05, 4.69) is 9.47 Å². The number of carbonyl (C=O) groups is 1. The highest BCUT2D eigenvalue weighted by Gasteiger charge is 2.83. The first-order valence-electron chi connectivity index (χ1n) is 10.9. The molecule has 0 amide bonds. The smallest absolute Gasteiger partial charge is 0.413 e. The maximum absolute atomic E-state index is 13.2. The molecule has 1 fully saturated rings. The SMILES string of the molecule is O=C1C(O)(O)C2c3cc(OC(O)(O)O)c(OC(O)(O)O)cc3CCN2CC1(O)C(O)(O)C(O)(C(O)(O)O)C(O)(O)O. The van der Waals surface area contributed by atoms with Crippen molar-refractivity contribution in [2.45, 2.75) is 59.5 Å². The molecule has 22 heteroatoms. The number of aliphatic hydroxyl groups is 18. The first-order valence-corrected chi connectivity index (χ1v) is 10.9. The molecule has 1 aromatic rings. The van der Waals surface area contributed by atoms with E-state index in [0.717, 1.165) is 6.07 Å². The Balaban J connectivity index is 2.20. The molecule has 1 aromatic carbocycles. The Labute approximate surface area is 225 Å². The monoisotopic (exact) mass is 605 g/mol. The zero-order chi connectivity index (χ0) is 32.0. The van der Waals surface area contributed by atoms with Gasteiger partial charge in [-0.25, -0.2) is 0 Å². The van der Waals surface area contributed by atoms with Crippen molar-refractivity contribution in [3.8, 4) is 11.5 Å². The fraction of sp³-hybridized carbons (Fsp3) is 0.632. The highest BCUT2D eigenvalue weighted by Crippen LogP contribution is 2.51. The molecule has 0 aromatic heterocycles. The van der Waals surface area contributed by atoms with Crippen molar-refractivity contribution in [2.24, 2.45) is 0 Å². The molecule has 2 unspecified atom stereocenters. The Morgan fingerprint density at radius 2 is 1.17 bits per heavy atom. The minimum atomic E-state index is -5.31. The van der Waals surface area contributed by atoms with Gasteiger partial charge in [-0.1, -0.05) is 0 Å². The van der Waals surface area contributed by atoms with Gasteiger partial charge < -0.3 is 101 Å². The molecule has 0 radical (unpaired) electrons. The van der Waals surface area contributed by atoms with Gasteiger partial charge in [0.15, 0.2) is 17.1 Å². The Bertz CT molecular complexity index is 1170. The van der Waals surface area contributed by atoms with E-state index in [9.17, 15) is 81.4 Å². The van der Waals surface area contributed by atoms with Crippen molar-refractivity contribution in [1.29, 1.82) is 0 Å². The maximum Gasteiger partial charge on any atom is 0.453 e. The largest absolute Gasteiger partial charge is 0.453 e. The van der Waals surface area contributed by atoms with Crippen LogP contribution in [0.4, 0.5) is 0 Å². The summed E-state index contributed by atoms with van der Waals surface area (Å²) in [6, 6.07) is -0.856. The van der Waals surface area contributed by atoms with Crippen LogP contribution in [0.3, 0.4) is 0 Å². The molecule has 22 nitrogen and oxygen atoms in total. The van der Waals surface area contributed by atoms with Crippen LogP contribution >= 0.6 is 0 Å². The summed E-state index contributed by atoms with van der Waals surface area (Å²) in [5.41, 5.74) is -10.3. The van der Waals surface area contributed by atoms with Crippen molar-refractivity contribution < 1.29 is 106 Å².